The minimum absolute atomic E-state index is 0.128. The van der Waals surface area contributed by atoms with Gasteiger partial charge in [-0.05, 0) is 17.5 Å². The first-order valence-corrected chi connectivity index (χ1v) is 5.62. The lowest BCUT2D eigenvalue weighted by atomic mass is 10.1. The Morgan fingerprint density at radius 1 is 1.50 bits per heavy atom. The average molecular weight is 251 g/mol. The fourth-order valence-electron chi connectivity index (χ4n) is 1.46. The van der Waals surface area contributed by atoms with Crippen molar-refractivity contribution in [1.29, 1.82) is 0 Å². The molecule has 0 aromatic heterocycles. The smallest absolute Gasteiger partial charge is 0.243 e. The van der Waals surface area contributed by atoms with Crippen molar-refractivity contribution < 1.29 is 14.4 Å². The topological polar surface area (TPSA) is 61.6 Å². The van der Waals surface area contributed by atoms with Crippen molar-refractivity contribution in [3.8, 4) is 0 Å². The zero-order chi connectivity index (χ0) is 13.4. The molecule has 0 saturated heterocycles. The average Bonchev–Trinajstić information content (AvgIpc) is 2.35. The van der Waals surface area contributed by atoms with Crippen molar-refractivity contribution in [3.63, 3.8) is 0 Å². The maximum atomic E-state index is 10.5. The van der Waals surface area contributed by atoms with Gasteiger partial charge in [-0.2, -0.15) is 0 Å². The minimum atomic E-state index is -0.394. The van der Waals surface area contributed by atoms with Crippen LogP contribution in [0, 0.1) is 10.1 Å². The fraction of sp³-hybridized carbons (Fsp3) is 0.385. The first kappa shape index (κ1) is 14.3. The third kappa shape index (κ3) is 5.07. The molecule has 0 radical (unpaired) electrons. The van der Waals surface area contributed by atoms with Gasteiger partial charge in [-0.3, -0.25) is 10.1 Å². The second kappa shape index (κ2) is 7.58. The molecule has 5 heteroatoms. The Bertz CT molecular complexity index is 429. The van der Waals surface area contributed by atoms with Crippen LogP contribution in [0.2, 0.25) is 0 Å². The van der Waals surface area contributed by atoms with Gasteiger partial charge >= 0.3 is 0 Å². The van der Waals surface area contributed by atoms with E-state index in [9.17, 15) is 10.1 Å². The van der Waals surface area contributed by atoms with Gasteiger partial charge in [0.2, 0.25) is 5.70 Å². The highest BCUT2D eigenvalue weighted by atomic mass is 16.7. The molecule has 0 bridgehead atoms. The fourth-order valence-corrected chi connectivity index (χ4v) is 1.46. The van der Waals surface area contributed by atoms with E-state index in [0.29, 0.717) is 6.61 Å². The predicted octanol–water partition coefficient (Wildman–Crippen LogP) is 2.49. The first-order chi connectivity index (χ1) is 8.63. The van der Waals surface area contributed by atoms with Gasteiger partial charge in [-0.1, -0.05) is 24.3 Å². The molecule has 0 aliphatic heterocycles. The summed E-state index contributed by atoms with van der Waals surface area (Å²) in [6.07, 6.45) is 2.31. The quantitative estimate of drug-likeness (QED) is 0.323. The van der Waals surface area contributed by atoms with Gasteiger partial charge in [0.15, 0.2) is 0 Å². The zero-order valence-corrected chi connectivity index (χ0v) is 10.6. The lowest BCUT2D eigenvalue weighted by Gasteiger charge is -2.04. The molecule has 0 heterocycles. The molecule has 0 spiro atoms. The number of nitro groups is 1. The van der Waals surface area contributed by atoms with Crippen molar-refractivity contribution in [2.24, 2.45) is 0 Å². The Morgan fingerprint density at radius 2 is 2.28 bits per heavy atom. The van der Waals surface area contributed by atoms with Crippen molar-refractivity contribution in [1.82, 2.24) is 0 Å². The van der Waals surface area contributed by atoms with Crippen LogP contribution in [0.3, 0.4) is 0 Å². The van der Waals surface area contributed by atoms with E-state index in [0.717, 1.165) is 17.5 Å². The summed E-state index contributed by atoms with van der Waals surface area (Å²) in [4.78, 5) is 10.1. The molecule has 18 heavy (non-hydrogen) atoms. The Labute approximate surface area is 106 Å². The van der Waals surface area contributed by atoms with E-state index >= 15 is 0 Å². The van der Waals surface area contributed by atoms with E-state index in [-0.39, 0.29) is 12.5 Å². The van der Waals surface area contributed by atoms with Gasteiger partial charge < -0.3 is 9.47 Å². The Hall–Kier alpha value is -1.72. The summed E-state index contributed by atoms with van der Waals surface area (Å²) in [5.41, 5.74) is 2.03. The highest BCUT2D eigenvalue weighted by molar-refractivity contribution is 5.51. The summed E-state index contributed by atoms with van der Waals surface area (Å²) in [5, 5.41) is 10.5. The summed E-state index contributed by atoms with van der Waals surface area (Å²) in [5.74, 6) is 0. The van der Waals surface area contributed by atoms with Crippen molar-refractivity contribution in [2.45, 2.75) is 13.3 Å². The molecule has 98 valence electrons. The van der Waals surface area contributed by atoms with Gasteiger partial charge in [-0.15, -0.1) is 0 Å². The number of methoxy groups -OCH3 is 1. The van der Waals surface area contributed by atoms with Gasteiger partial charge in [-0.25, -0.2) is 0 Å². The van der Waals surface area contributed by atoms with Crippen LogP contribution in [0.4, 0.5) is 0 Å². The number of benzene rings is 1. The molecule has 0 aliphatic rings. The van der Waals surface area contributed by atoms with E-state index in [4.69, 9.17) is 9.47 Å². The molecule has 1 aromatic carbocycles. The Balaban J connectivity index is 2.62. The van der Waals surface area contributed by atoms with Crippen LogP contribution in [0.25, 0.3) is 6.08 Å². The van der Waals surface area contributed by atoms with Crippen LogP contribution in [-0.2, 0) is 15.9 Å². The van der Waals surface area contributed by atoms with Crippen molar-refractivity contribution in [2.75, 3.05) is 20.5 Å². The highest BCUT2D eigenvalue weighted by Gasteiger charge is 2.02. The van der Waals surface area contributed by atoms with Crippen LogP contribution in [0.15, 0.2) is 30.0 Å². The standard InChI is InChI=1S/C13H17NO4/c1-11(14(15)16)8-13-5-3-4-12(9-13)6-7-18-10-17-2/h3-5,8-9H,6-7,10H2,1-2H3. The molecule has 1 rings (SSSR count). The van der Waals surface area contributed by atoms with Gasteiger partial charge in [0.25, 0.3) is 0 Å². The lowest BCUT2D eigenvalue weighted by molar-refractivity contribution is -0.422. The third-order valence-corrected chi connectivity index (χ3v) is 2.35. The van der Waals surface area contributed by atoms with Gasteiger partial charge in [0.05, 0.1) is 11.5 Å². The van der Waals surface area contributed by atoms with Crippen LogP contribution < -0.4 is 0 Å². The second-order valence-corrected chi connectivity index (χ2v) is 3.85. The van der Waals surface area contributed by atoms with Crippen LogP contribution in [0.1, 0.15) is 18.1 Å². The minimum Gasteiger partial charge on any atom is -0.359 e. The molecule has 0 saturated carbocycles. The SMILES string of the molecule is COCOCCc1cccc(C=C(C)[N+](=O)[O-])c1. The molecule has 0 N–H and O–H groups in total. The van der Waals surface area contributed by atoms with Crippen LogP contribution in [0.5, 0.6) is 0 Å². The van der Waals surface area contributed by atoms with Gasteiger partial charge in [0.1, 0.15) is 6.79 Å². The molecule has 1 aromatic rings. The van der Waals surface area contributed by atoms with E-state index < -0.39 is 4.92 Å². The summed E-state index contributed by atoms with van der Waals surface area (Å²) in [6.45, 7) is 2.32. The summed E-state index contributed by atoms with van der Waals surface area (Å²) in [7, 11) is 1.58. The van der Waals surface area contributed by atoms with E-state index in [1.54, 1.807) is 13.2 Å². The number of rotatable bonds is 7. The van der Waals surface area contributed by atoms with E-state index in [1.165, 1.54) is 6.92 Å². The number of ether oxygens (including phenoxy) is 2. The van der Waals surface area contributed by atoms with Gasteiger partial charge in [0, 0.05) is 20.1 Å². The summed E-state index contributed by atoms with van der Waals surface area (Å²) in [6, 6.07) is 7.61. The molecular formula is C13H17NO4. The number of nitrogens with zero attached hydrogens (tertiary/aromatic N) is 1. The van der Waals surface area contributed by atoms with Crippen molar-refractivity contribution in [3.05, 3.63) is 51.2 Å². The highest BCUT2D eigenvalue weighted by Crippen LogP contribution is 2.10. The number of allylic oxidation sites excluding steroid dienone is 1. The maximum Gasteiger partial charge on any atom is 0.243 e. The summed E-state index contributed by atoms with van der Waals surface area (Å²) < 4.78 is 9.98. The number of hydrogen-bond acceptors (Lipinski definition) is 4. The molecule has 5 nitrogen and oxygen atoms in total. The normalized spacial score (nSPS) is 11.6. The Morgan fingerprint density at radius 3 is 2.94 bits per heavy atom. The van der Waals surface area contributed by atoms with Crippen LogP contribution in [-0.4, -0.2) is 25.4 Å². The molecule has 0 amide bonds. The molecule has 0 aliphatic carbocycles. The monoisotopic (exact) mass is 251 g/mol. The lowest BCUT2D eigenvalue weighted by Crippen LogP contribution is -2.01. The number of hydrogen-bond donors (Lipinski definition) is 0. The van der Waals surface area contributed by atoms with E-state index in [1.807, 2.05) is 24.3 Å². The molecule has 0 atom stereocenters. The summed E-state index contributed by atoms with van der Waals surface area (Å²) >= 11 is 0. The predicted molar refractivity (Wildman–Crippen MR) is 68.6 cm³/mol. The maximum absolute atomic E-state index is 10.5. The second-order valence-electron chi connectivity index (χ2n) is 3.85. The van der Waals surface area contributed by atoms with Crippen LogP contribution >= 0.6 is 0 Å². The molecule has 0 unspecified atom stereocenters. The Kier molecular flexibility index (Phi) is 6.04. The third-order valence-electron chi connectivity index (χ3n) is 2.35. The van der Waals surface area contributed by atoms with Crippen molar-refractivity contribution >= 4 is 6.08 Å². The van der Waals surface area contributed by atoms with E-state index in [2.05, 4.69) is 0 Å². The largest absolute Gasteiger partial charge is 0.359 e. The first-order valence-electron chi connectivity index (χ1n) is 5.62. The zero-order valence-electron chi connectivity index (χ0n) is 10.6. The molecule has 0 fully saturated rings. The molecular weight excluding hydrogens is 234 g/mol.